The molecule has 1 unspecified atom stereocenters. The van der Waals surface area contributed by atoms with Gasteiger partial charge in [-0.3, -0.25) is 0 Å². The van der Waals surface area contributed by atoms with Gasteiger partial charge in [0.2, 0.25) is 0 Å². The van der Waals surface area contributed by atoms with Crippen LogP contribution in [0.5, 0.6) is 0 Å². The molecular weight excluding hydrogens is 250 g/mol. The molecule has 6 heteroatoms. The molecule has 0 spiro atoms. The van der Waals surface area contributed by atoms with Crippen molar-refractivity contribution in [2.24, 2.45) is 5.73 Å². The van der Waals surface area contributed by atoms with Gasteiger partial charge in [0.05, 0.1) is 0 Å². The van der Waals surface area contributed by atoms with E-state index < -0.39 is 11.6 Å². The van der Waals surface area contributed by atoms with Crippen molar-refractivity contribution >= 4 is 0 Å². The van der Waals surface area contributed by atoms with Crippen molar-refractivity contribution in [3.8, 4) is 0 Å². The summed E-state index contributed by atoms with van der Waals surface area (Å²) >= 11 is 0. The molecule has 19 heavy (non-hydrogen) atoms. The Morgan fingerprint density at radius 3 is 2.89 bits per heavy atom. The number of halogens is 2. The molecule has 2 aromatic rings. The normalized spacial score (nSPS) is 18.4. The van der Waals surface area contributed by atoms with E-state index in [1.54, 1.807) is 6.07 Å². The van der Waals surface area contributed by atoms with Crippen LogP contribution in [0.25, 0.3) is 0 Å². The van der Waals surface area contributed by atoms with Crippen LogP contribution in [0.15, 0.2) is 18.2 Å². The van der Waals surface area contributed by atoms with Gasteiger partial charge in [-0.2, -0.15) is 0 Å². The van der Waals surface area contributed by atoms with Crippen LogP contribution in [-0.2, 0) is 19.4 Å². The molecule has 0 amide bonds. The van der Waals surface area contributed by atoms with Crippen molar-refractivity contribution in [2.45, 2.75) is 31.8 Å². The van der Waals surface area contributed by atoms with Gasteiger partial charge in [-0.25, -0.2) is 8.78 Å². The summed E-state index contributed by atoms with van der Waals surface area (Å²) in [5.41, 5.74) is 6.60. The molecular formula is C13H14F2N4. The Balaban J connectivity index is 1.87. The van der Waals surface area contributed by atoms with Gasteiger partial charge in [0.1, 0.15) is 11.6 Å². The lowest BCUT2D eigenvalue weighted by atomic mass is 10.1. The van der Waals surface area contributed by atoms with Crippen molar-refractivity contribution in [1.29, 1.82) is 0 Å². The number of nitrogens with two attached hydrogens (primary N) is 1. The number of aryl methyl sites for hydroxylation is 1. The molecule has 0 saturated carbocycles. The fraction of sp³-hybridized carbons (Fsp3) is 0.385. The van der Waals surface area contributed by atoms with Gasteiger partial charge < -0.3 is 10.3 Å². The predicted molar refractivity (Wildman–Crippen MR) is 65.5 cm³/mol. The van der Waals surface area contributed by atoms with Crippen molar-refractivity contribution in [1.82, 2.24) is 14.8 Å². The van der Waals surface area contributed by atoms with Crippen LogP contribution >= 0.6 is 0 Å². The molecule has 1 aliphatic heterocycles. The monoisotopic (exact) mass is 264 g/mol. The second-order valence-corrected chi connectivity index (χ2v) is 4.87. The van der Waals surface area contributed by atoms with E-state index in [0.29, 0.717) is 18.5 Å². The lowest BCUT2D eigenvalue weighted by Crippen LogP contribution is -2.32. The van der Waals surface area contributed by atoms with Crippen LogP contribution in [0.1, 0.15) is 23.6 Å². The minimum atomic E-state index is -0.840. The minimum absolute atomic E-state index is 0.104. The summed E-state index contributed by atoms with van der Waals surface area (Å²) < 4.78 is 28.0. The maximum absolute atomic E-state index is 13.2. The Morgan fingerprint density at radius 1 is 1.26 bits per heavy atom. The van der Waals surface area contributed by atoms with Gasteiger partial charge in [-0.1, -0.05) is 6.07 Å². The van der Waals surface area contributed by atoms with Crippen molar-refractivity contribution in [3.63, 3.8) is 0 Å². The number of hydrogen-bond acceptors (Lipinski definition) is 3. The molecule has 0 bridgehead atoms. The standard InChI is InChI=1S/C13H14F2N4/c14-10-3-1-8(5-11(10)15)6-13-18-17-12-4-2-9(16)7-19(12)13/h1,3,5,9H,2,4,6-7,16H2. The zero-order valence-electron chi connectivity index (χ0n) is 10.3. The molecule has 0 fully saturated rings. The van der Waals surface area contributed by atoms with Crippen LogP contribution in [0.4, 0.5) is 8.78 Å². The highest BCUT2D eigenvalue weighted by atomic mass is 19.2. The van der Waals surface area contributed by atoms with Crippen LogP contribution in [-0.4, -0.2) is 20.8 Å². The topological polar surface area (TPSA) is 56.7 Å². The molecule has 0 saturated heterocycles. The van der Waals surface area contributed by atoms with Crippen molar-refractivity contribution in [3.05, 3.63) is 47.0 Å². The molecule has 1 atom stereocenters. The minimum Gasteiger partial charge on any atom is -0.326 e. The van der Waals surface area contributed by atoms with E-state index in [1.165, 1.54) is 6.07 Å². The maximum Gasteiger partial charge on any atom is 0.159 e. The number of aromatic nitrogens is 3. The Morgan fingerprint density at radius 2 is 2.11 bits per heavy atom. The van der Waals surface area contributed by atoms with Gasteiger partial charge in [-0.15, -0.1) is 10.2 Å². The summed E-state index contributed by atoms with van der Waals surface area (Å²) in [6, 6.07) is 3.99. The molecule has 1 aliphatic rings. The third kappa shape index (κ3) is 2.35. The van der Waals surface area contributed by atoms with Gasteiger partial charge in [0, 0.05) is 25.4 Å². The molecule has 100 valence electrons. The first-order valence-electron chi connectivity index (χ1n) is 6.24. The summed E-state index contributed by atoms with van der Waals surface area (Å²) in [7, 11) is 0. The highest BCUT2D eigenvalue weighted by Gasteiger charge is 2.20. The second kappa shape index (κ2) is 4.70. The number of hydrogen-bond donors (Lipinski definition) is 1. The van der Waals surface area contributed by atoms with E-state index >= 15 is 0 Å². The van der Waals surface area contributed by atoms with E-state index in [2.05, 4.69) is 10.2 Å². The lowest BCUT2D eigenvalue weighted by Gasteiger charge is -2.20. The van der Waals surface area contributed by atoms with Gasteiger partial charge in [0.15, 0.2) is 11.6 Å². The summed E-state index contributed by atoms with van der Waals surface area (Å²) in [5, 5.41) is 8.24. The molecule has 3 rings (SSSR count). The van der Waals surface area contributed by atoms with Crippen LogP contribution < -0.4 is 5.73 Å². The van der Waals surface area contributed by atoms with E-state index in [1.807, 2.05) is 4.57 Å². The second-order valence-electron chi connectivity index (χ2n) is 4.87. The van der Waals surface area contributed by atoms with Crippen molar-refractivity contribution in [2.75, 3.05) is 0 Å². The molecule has 1 aromatic carbocycles. The summed E-state index contributed by atoms with van der Waals surface area (Å²) in [6.07, 6.45) is 2.15. The summed E-state index contributed by atoms with van der Waals surface area (Å²) in [4.78, 5) is 0. The van der Waals surface area contributed by atoms with Crippen LogP contribution in [0.2, 0.25) is 0 Å². The van der Waals surface area contributed by atoms with E-state index in [-0.39, 0.29) is 6.04 Å². The van der Waals surface area contributed by atoms with E-state index in [4.69, 9.17) is 5.73 Å². The van der Waals surface area contributed by atoms with E-state index in [0.717, 1.165) is 30.6 Å². The van der Waals surface area contributed by atoms with Crippen molar-refractivity contribution < 1.29 is 8.78 Å². The Bertz CT molecular complexity index is 609. The van der Waals surface area contributed by atoms with Gasteiger partial charge in [0.25, 0.3) is 0 Å². The van der Waals surface area contributed by atoms with Gasteiger partial charge in [-0.05, 0) is 24.1 Å². The van der Waals surface area contributed by atoms with E-state index in [9.17, 15) is 8.78 Å². The fourth-order valence-corrected chi connectivity index (χ4v) is 2.37. The highest BCUT2D eigenvalue weighted by molar-refractivity contribution is 5.21. The zero-order valence-corrected chi connectivity index (χ0v) is 10.3. The Hall–Kier alpha value is -1.82. The SMILES string of the molecule is NC1CCc2nnc(Cc3ccc(F)c(F)c3)n2C1. The smallest absolute Gasteiger partial charge is 0.159 e. The molecule has 0 radical (unpaired) electrons. The number of fused-ring (bicyclic) bond motifs is 1. The summed E-state index contributed by atoms with van der Waals surface area (Å²) in [5.74, 6) is -0.0166. The number of benzene rings is 1. The Labute approximate surface area is 109 Å². The molecule has 4 nitrogen and oxygen atoms in total. The first-order valence-corrected chi connectivity index (χ1v) is 6.24. The third-order valence-electron chi connectivity index (χ3n) is 3.41. The maximum atomic E-state index is 13.2. The average molecular weight is 264 g/mol. The molecule has 2 N–H and O–H groups in total. The van der Waals surface area contributed by atoms with Crippen LogP contribution in [0.3, 0.4) is 0 Å². The largest absolute Gasteiger partial charge is 0.326 e. The predicted octanol–water partition coefficient (Wildman–Crippen LogP) is 1.42. The lowest BCUT2D eigenvalue weighted by molar-refractivity contribution is 0.445. The van der Waals surface area contributed by atoms with Crippen LogP contribution in [0, 0.1) is 11.6 Å². The highest BCUT2D eigenvalue weighted by Crippen LogP contribution is 2.17. The Kier molecular flexibility index (Phi) is 3.02. The first kappa shape index (κ1) is 12.2. The molecule has 0 aliphatic carbocycles. The number of nitrogens with zero attached hydrogens (tertiary/aromatic N) is 3. The average Bonchev–Trinajstić information content (AvgIpc) is 2.77. The first-order chi connectivity index (χ1) is 9.13. The van der Waals surface area contributed by atoms with Gasteiger partial charge >= 0.3 is 0 Å². The third-order valence-corrected chi connectivity index (χ3v) is 3.41. The molecule has 1 aromatic heterocycles. The summed E-state index contributed by atoms with van der Waals surface area (Å²) in [6.45, 7) is 0.682. The molecule has 2 heterocycles. The zero-order chi connectivity index (χ0) is 13.4. The fourth-order valence-electron chi connectivity index (χ4n) is 2.37. The quantitative estimate of drug-likeness (QED) is 0.892. The number of rotatable bonds is 2.